The van der Waals surface area contributed by atoms with Gasteiger partial charge in [0, 0.05) is 13.0 Å². The zero-order valence-corrected chi connectivity index (χ0v) is 17.2. The third-order valence-electron chi connectivity index (χ3n) is 5.27. The van der Waals surface area contributed by atoms with Gasteiger partial charge in [-0.1, -0.05) is 36.4 Å². The van der Waals surface area contributed by atoms with Crippen LogP contribution in [-0.4, -0.2) is 43.0 Å². The predicted octanol–water partition coefficient (Wildman–Crippen LogP) is 3.05. The van der Waals surface area contributed by atoms with Gasteiger partial charge in [0.05, 0.1) is 19.9 Å². The first-order valence-corrected chi connectivity index (χ1v) is 10.1. The number of methoxy groups -OCH3 is 1. The second kappa shape index (κ2) is 9.38. The van der Waals surface area contributed by atoms with Gasteiger partial charge in [0.1, 0.15) is 12.6 Å². The van der Waals surface area contributed by atoms with Crippen LogP contribution in [0.25, 0.3) is 0 Å². The van der Waals surface area contributed by atoms with Gasteiger partial charge in [0.15, 0.2) is 17.3 Å². The van der Waals surface area contributed by atoms with E-state index in [0.29, 0.717) is 31.0 Å². The summed E-state index contributed by atoms with van der Waals surface area (Å²) in [7, 11) is 1.58. The maximum atomic E-state index is 13.0. The summed E-state index contributed by atoms with van der Waals surface area (Å²) in [6, 6.07) is 17.8. The highest BCUT2D eigenvalue weighted by atomic mass is 16.5. The van der Waals surface area contributed by atoms with E-state index in [9.17, 15) is 9.59 Å². The quantitative estimate of drug-likeness (QED) is 0.594. The van der Waals surface area contributed by atoms with E-state index in [0.717, 1.165) is 11.1 Å². The minimum Gasteiger partial charge on any atom is -0.493 e. The summed E-state index contributed by atoms with van der Waals surface area (Å²) in [6.07, 6.45) is 1.90. The van der Waals surface area contributed by atoms with Crippen LogP contribution in [0.15, 0.2) is 71.3 Å². The van der Waals surface area contributed by atoms with Gasteiger partial charge in [0.2, 0.25) is 5.91 Å². The Morgan fingerprint density at radius 2 is 1.77 bits per heavy atom. The van der Waals surface area contributed by atoms with E-state index in [1.807, 2.05) is 48.5 Å². The van der Waals surface area contributed by atoms with Crippen molar-refractivity contribution in [3.63, 3.8) is 0 Å². The highest BCUT2D eigenvalue weighted by Gasteiger charge is 2.35. The Kier molecular flexibility index (Phi) is 6.21. The molecule has 7 heteroatoms. The molecule has 2 heterocycles. The van der Waals surface area contributed by atoms with Gasteiger partial charge in [-0.25, -0.2) is 0 Å². The van der Waals surface area contributed by atoms with Crippen LogP contribution in [0.5, 0.6) is 11.5 Å². The molecular weight excluding hydrogens is 396 g/mol. The van der Waals surface area contributed by atoms with Gasteiger partial charge in [-0.2, -0.15) is 0 Å². The third kappa shape index (κ3) is 4.55. The van der Waals surface area contributed by atoms with Crippen LogP contribution in [0, 0.1) is 0 Å². The second-order valence-corrected chi connectivity index (χ2v) is 7.19. The zero-order valence-electron chi connectivity index (χ0n) is 17.2. The normalized spacial score (nSPS) is 15.1. The Balaban J connectivity index is 1.42. The largest absolute Gasteiger partial charge is 0.493 e. The summed E-state index contributed by atoms with van der Waals surface area (Å²) in [5.41, 5.74) is 2.10. The van der Waals surface area contributed by atoms with E-state index in [1.165, 1.54) is 6.26 Å². The number of amides is 2. The Morgan fingerprint density at radius 3 is 2.52 bits per heavy atom. The molecule has 31 heavy (non-hydrogen) atoms. The maximum Gasteiger partial charge on any atom is 0.290 e. The highest BCUT2D eigenvalue weighted by Crippen LogP contribution is 2.26. The van der Waals surface area contributed by atoms with E-state index in [2.05, 4.69) is 5.32 Å². The molecule has 2 amide bonds. The number of benzene rings is 2. The van der Waals surface area contributed by atoms with Crippen molar-refractivity contribution in [2.45, 2.75) is 19.0 Å². The SMILES string of the molecule is COc1ccccc1OCCNC(=O)C1Cc2ccccc2CN1C(=O)c1ccco1. The summed E-state index contributed by atoms with van der Waals surface area (Å²) in [5.74, 6) is 0.938. The molecule has 0 saturated heterocycles. The Labute approximate surface area is 180 Å². The van der Waals surface area contributed by atoms with Crippen molar-refractivity contribution in [2.75, 3.05) is 20.3 Å². The standard InChI is InChI=1S/C24H24N2O5/c1-29-20-9-4-5-10-21(20)31-14-12-25-23(27)19-15-17-7-2-3-8-18(17)16-26(19)24(28)22-11-6-13-30-22/h2-11,13,19H,12,14-16H2,1H3,(H,25,27). The predicted molar refractivity (Wildman–Crippen MR) is 114 cm³/mol. The lowest BCUT2D eigenvalue weighted by molar-refractivity contribution is -0.126. The number of para-hydroxylation sites is 2. The van der Waals surface area contributed by atoms with Crippen LogP contribution in [0.1, 0.15) is 21.7 Å². The second-order valence-electron chi connectivity index (χ2n) is 7.19. The Morgan fingerprint density at radius 1 is 1.03 bits per heavy atom. The number of fused-ring (bicyclic) bond motifs is 1. The van der Waals surface area contributed by atoms with Gasteiger partial charge in [-0.3, -0.25) is 9.59 Å². The topological polar surface area (TPSA) is 81.0 Å². The average Bonchev–Trinajstić information content (AvgIpc) is 3.35. The first kappa shape index (κ1) is 20.5. The first-order chi connectivity index (χ1) is 15.2. The minimum absolute atomic E-state index is 0.219. The van der Waals surface area contributed by atoms with Crippen molar-refractivity contribution < 1.29 is 23.5 Å². The number of ether oxygens (including phenoxy) is 2. The monoisotopic (exact) mass is 420 g/mol. The molecule has 4 rings (SSSR count). The van der Waals surface area contributed by atoms with E-state index < -0.39 is 6.04 Å². The molecule has 1 N–H and O–H groups in total. The summed E-state index contributed by atoms with van der Waals surface area (Å²) in [6.45, 7) is 0.935. The molecule has 1 atom stereocenters. The zero-order chi connectivity index (χ0) is 21.6. The van der Waals surface area contributed by atoms with Gasteiger partial charge in [0.25, 0.3) is 5.91 Å². The van der Waals surface area contributed by atoms with Crippen LogP contribution >= 0.6 is 0 Å². The van der Waals surface area contributed by atoms with E-state index in [1.54, 1.807) is 24.1 Å². The van der Waals surface area contributed by atoms with Crippen LogP contribution in [0.2, 0.25) is 0 Å². The number of rotatable bonds is 7. The van der Waals surface area contributed by atoms with Crippen molar-refractivity contribution in [3.05, 3.63) is 83.8 Å². The number of furan rings is 1. The highest BCUT2D eigenvalue weighted by molar-refractivity contribution is 5.96. The molecule has 1 aliphatic rings. The van der Waals surface area contributed by atoms with Crippen molar-refractivity contribution in [2.24, 2.45) is 0 Å². The van der Waals surface area contributed by atoms with Crippen molar-refractivity contribution in [3.8, 4) is 11.5 Å². The third-order valence-corrected chi connectivity index (χ3v) is 5.27. The van der Waals surface area contributed by atoms with Gasteiger partial charge < -0.3 is 24.1 Å². The molecular formula is C24H24N2O5. The molecule has 1 aromatic heterocycles. The van der Waals surface area contributed by atoms with Crippen LogP contribution in [-0.2, 0) is 17.8 Å². The molecule has 0 bridgehead atoms. The van der Waals surface area contributed by atoms with Crippen molar-refractivity contribution in [1.29, 1.82) is 0 Å². The van der Waals surface area contributed by atoms with Crippen LogP contribution < -0.4 is 14.8 Å². The smallest absolute Gasteiger partial charge is 0.290 e. The van der Waals surface area contributed by atoms with Crippen molar-refractivity contribution in [1.82, 2.24) is 10.2 Å². The molecule has 1 unspecified atom stereocenters. The number of carbonyl (C=O) groups excluding carboxylic acids is 2. The first-order valence-electron chi connectivity index (χ1n) is 10.1. The molecule has 3 aromatic rings. The summed E-state index contributed by atoms with van der Waals surface area (Å²) >= 11 is 0. The number of nitrogens with one attached hydrogen (secondary N) is 1. The van der Waals surface area contributed by atoms with Gasteiger partial charge in [-0.05, 0) is 35.4 Å². The van der Waals surface area contributed by atoms with Crippen LogP contribution in [0.4, 0.5) is 0 Å². The van der Waals surface area contributed by atoms with Crippen LogP contribution in [0.3, 0.4) is 0 Å². The fourth-order valence-electron chi connectivity index (χ4n) is 3.70. The fourth-order valence-corrected chi connectivity index (χ4v) is 3.70. The summed E-state index contributed by atoms with van der Waals surface area (Å²) in [4.78, 5) is 27.6. The van der Waals surface area contributed by atoms with E-state index in [4.69, 9.17) is 13.9 Å². The molecule has 2 aromatic carbocycles. The lowest BCUT2D eigenvalue weighted by Crippen LogP contribution is -2.53. The number of hydrogen-bond acceptors (Lipinski definition) is 5. The Hall–Kier alpha value is -3.74. The van der Waals surface area contributed by atoms with Gasteiger partial charge in [-0.15, -0.1) is 0 Å². The summed E-state index contributed by atoms with van der Waals surface area (Å²) < 4.78 is 16.3. The molecule has 1 aliphatic heterocycles. The van der Waals surface area contributed by atoms with E-state index >= 15 is 0 Å². The number of nitrogens with zero attached hydrogens (tertiary/aromatic N) is 1. The van der Waals surface area contributed by atoms with E-state index in [-0.39, 0.29) is 24.2 Å². The molecule has 0 fully saturated rings. The number of carbonyl (C=O) groups is 2. The van der Waals surface area contributed by atoms with Gasteiger partial charge >= 0.3 is 0 Å². The fraction of sp³-hybridized carbons (Fsp3) is 0.250. The minimum atomic E-state index is -0.626. The summed E-state index contributed by atoms with van der Waals surface area (Å²) in [5, 5.41) is 2.89. The van der Waals surface area contributed by atoms with Crippen molar-refractivity contribution >= 4 is 11.8 Å². The molecule has 0 aliphatic carbocycles. The maximum absolute atomic E-state index is 13.0. The Bertz CT molecular complexity index is 1050. The average molecular weight is 420 g/mol. The molecule has 0 saturated carbocycles. The number of hydrogen-bond donors (Lipinski definition) is 1. The molecule has 7 nitrogen and oxygen atoms in total. The lowest BCUT2D eigenvalue weighted by Gasteiger charge is -2.35. The molecule has 160 valence electrons. The molecule has 0 spiro atoms. The molecule has 0 radical (unpaired) electrons. The lowest BCUT2D eigenvalue weighted by atomic mass is 9.93.